The van der Waals surface area contributed by atoms with Gasteiger partial charge >= 0.3 is 0 Å². The van der Waals surface area contributed by atoms with Crippen LogP contribution in [-0.2, 0) is 6.54 Å². The van der Waals surface area contributed by atoms with Crippen LogP contribution in [0.1, 0.15) is 32.8 Å². The summed E-state index contributed by atoms with van der Waals surface area (Å²) < 4.78 is 0. The number of aliphatic hydroxyl groups is 1. The number of hydrogen-bond donors (Lipinski definition) is 1. The molecule has 1 atom stereocenters. The van der Waals surface area contributed by atoms with Gasteiger partial charge in [-0.05, 0) is 22.6 Å². The molecule has 4 rings (SSSR count). The molecule has 1 aliphatic heterocycles. The van der Waals surface area contributed by atoms with Gasteiger partial charge in [0.1, 0.15) is 0 Å². The van der Waals surface area contributed by atoms with E-state index in [0.717, 1.165) is 56.1 Å². The summed E-state index contributed by atoms with van der Waals surface area (Å²) >= 11 is 0. The summed E-state index contributed by atoms with van der Waals surface area (Å²) in [5.74, 6) is 0.772. The first-order chi connectivity index (χ1) is 14.9. The van der Waals surface area contributed by atoms with Crippen LogP contribution in [0.3, 0.4) is 0 Å². The summed E-state index contributed by atoms with van der Waals surface area (Å²) in [6, 6.07) is 15.0. The van der Waals surface area contributed by atoms with Crippen LogP contribution in [0.15, 0.2) is 54.9 Å². The smallest absolute Gasteiger partial charge is 0.159 e. The minimum atomic E-state index is 0.238. The maximum atomic E-state index is 9.56. The number of nitrogens with zero attached hydrogens (tertiary/aromatic N) is 4. The van der Waals surface area contributed by atoms with E-state index in [1.165, 1.54) is 10.8 Å². The van der Waals surface area contributed by atoms with E-state index in [4.69, 9.17) is 9.97 Å². The quantitative estimate of drug-likeness (QED) is 0.650. The van der Waals surface area contributed by atoms with Gasteiger partial charge in [-0.2, -0.15) is 0 Å². The van der Waals surface area contributed by atoms with Gasteiger partial charge in [-0.15, -0.1) is 0 Å². The standard InChI is InChI=1S/C26H34N4O/c1-26(2,3)19-30-13-12-29(18-22(30)11-14-31)17-20-15-27-25(28-16-20)24-10-6-8-21-7-4-5-9-23(21)24/h4-10,15-16,22,31H,11-14,17-19H2,1-3H3. The van der Waals surface area contributed by atoms with Crippen LogP contribution in [-0.4, -0.2) is 63.7 Å². The Morgan fingerprint density at radius 3 is 2.48 bits per heavy atom. The molecule has 1 unspecified atom stereocenters. The van der Waals surface area contributed by atoms with Crippen LogP contribution in [0.25, 0.3) is 22.2 Å². The monoisotopic (exact) mass is 418 g/mol. The highest BCUT2D eigenvalue weighted by Crippen LogP contribution is 2.26. The molecule has 3 aromatic rings. The zero-order valence-electron chi connectivity index (χ0n) is 19.0. The van der Waals surface area contributed by atoms with Gasteiger partial charge in [0, 0.05) is 68.9 Å². The van der Waals surface area contributed by atoms with Crippen LogP contribution in [0.5, 0.6) is 0 Å². The molecule has 0 saturated carbocycles. The first kappa shape index (κ1) is 21.9. The summed E-state index contributed by atoms with van der Waals surface area (Å²) in [4.78, 5) is 14.4. The van der Waals surface area contributed by atoms with E-state index in [2.05, 4.69) is 73.0 Å². The van der Waals surface area contributed by atoms with Crippen molar-refractivity contribution in [1.82, 2.24) is 19.8 Å². The summed E-state index contributed by atoms with van der Waals surface area (Å²) in [5, 5.41) is 11.9. The number of hydrogen-bond acceptors (Lipinski definition) is 5. The van der Waals surface area contributed by atoms with Crippen molar-refractivity contribution in [3.63, 3.8) is 0 Å². The SMILES string of the molecule is CC(C)(C)CN1CCN(Cc2cnc(-c3cccc4ccccc34)nc2)CC1CCO. The third-order valence-corrected chi connectivity index (χ3v) is 5.97. The first-order valence-corrected chi connectivity index (χ1v) is 11.3. The second-order valence-corrected chi connectivity index (χ2v) is 9.87. The third-order valence-electron chi connectivity index (χ3n) is 5.97. The molecule has 0 bridgehead atoms. The predicted octanol–water partition coefficient (Wildman–Crippen LogP) is 4.21. The van der Waals surface area contributed by atoms with Gasteiger partial charge in [-0.3, -0.25) is 9.80 Å². The van der Waals surface area contributed by atoms with E-state index in [0.29, 0.717) is 6.04 Å². The lowest BCUT2D eigenvalue weighted by molar-refractivity contribution is 0.0339. The molecule has 0 aliphatic carbocycles. The molecule has 31 heavy (non-hydrogen) atoms. The fourth-order valence-corrected chi connectivity index (χ4v) is 4.60. The highest BCUT2D eigenvalue weighted by atomic mass is 16.3. The number of aliphatic hydroxyl groups excluding tert-OH is 1. The normalized spacial score (nSPS) is 18.5. The number of rotatable bonds is 6. The molecular formula is C26H34N4O. The summed E-state index contributed by atoms with van der Waals surface area (Å²) in [6.45, 7) is 12.0. The van der Waals surface area contributed by atoms with E-state index in [-0.39, 0.29) is 12.0 Å². The van der Waals surface area contributed by atoms with Gasteiger partial charge in [0.25, 0.3) is 0 Å². The predicted molar refractivity (Wildman–Crippen MR) is 127 cm³/mol. The minimum Gasteiger partial charge on any atom is -0.396 e. The Kier molecular flexibility index (Phi) is 6.65. The third kappa shape index (κ3) is 5.48. The maximum absolute atomic E-state index is 9.56. The minimum absolute atomic E-state index is 0.238. The summed E-state index contributed by atoms with van der Waals surface area (Å²) in [7, 11) is 0. The molecule has 1 aliphatic rings. The van der Waals surface area contributed by atoms with Gasteiger partial charge in [-0.25, -0.2) is 9.97 Å². The lowest BCUT2D eigenvalue weighted by Gasteiger charge is -2.43. The van der Waals surface area contributed by atoms with Crippen LogP contribution in [0, 0.1) is 5.41 Å². The van der Waals surface area contributed by atoms with Gasteiger partial charge in [-0.1, -0.05) is 63.2 Å². The van der Waals surface area contributed by atoms with Crippen molar-refractivity contribution in [2.24, 2.45) is 5.41 Å². The lowest BCUT2D eigenvalue weighted by atomic mass is 9.94. The molecule has 1 saturated heterocycles. The van der Waals surface area contributed by atoms with Crippen molar-refractivity contribution in [3.8, 4) is 11.4 Å². The van der Waals surface area contributed by atoms with E-state index in [9.17, 15) is 5.11 Å². The topological polar surface area (TPSA) is 52.5 Å². The van der Waals surface area contributed by atoms with Gasteiger partial charge in [0.15, 0.2) is 5.82 Å². The van der Waals surface area contributed by atoms with Crippen molar-refractivity contribution in [2.45, 2.75) is 39.8 Å². The zero-order chi connectivity index (χ0) is 21.8. The molecule has 164 valence electrons. The molecule has 1 N–H and O–H groups in total. The molecule has 0 radical (unpaired) electrons. The Hall–Kier alpha value is -2.34. The highest BCUT2D eigenvalue weighted by molar-refractivity contribution is 5.94. The molecule has 2 heterocycles. The Labute approximate surface area is 185 Å². The second kappa shape index (κ2) is 9.43. The van der Waals surface area contributed by atoms with Gasteiger partial charge < -0.3 is 5.11 Å². The lowest BCUT2D eigenvalue weighted by Crippen LogP contribution is -2.54. The number of piperazine rings is 1. The molecular weight excluding hydrogens is 384 g/mol. The Morgan fingerprint density at radius 1 is 1.00 bits per heavy atom. The zero-order valence-corrected chi connectivity index (χ0v) is 19.0. The fourth-order valence-electron chi connectivity index (χ4n) is 4.60. The van der Waals surface area contributed by atoms with Crippen LogP contribution in [0.2, 0.25) is 0 Å². The van der Waals surface area contributed by atoms with Gasteiger partial charge in [0.2, 0.25) is 0 Å². The maximum Gasteiger partial charge on any atom is 0.159 e. The number of benzene rings is 2. The van der Waals surface area contributed by atoms with Crippen molar-refractivity contribution in [1.29, 1.82) is 0 Å². The summed E-state index contributed by atoms with van der Waals surface area (Å²) in [6.07, 6.45) is 4.75. The van der Waals surface area contributed by atoms with E-state index < -0.39 is 0 Å². The van der Waals surface area contributed by atoms with Crippen molar-refractivity contribution < 1.29 is 5.11 Å². The fraction of sp³-hybridized carbons (Fsp3) is 0.462. The molecule has 0 amide bonds. The molecule has 5 heteroatoms. The highest BCUT2D eigenvalue weighted by Gasteiger charge is 2.29. The molecule has 1 fully saturated rings. The van der Waals surface area contributed by atoms with Gasteiger partial charge in [0.05, 0.1) is 0 Å². The Morgan fingerprint density at radius 2 is 1.74 bits per heavy atom. The molecule has 2 aromatic carbocycles. The Bertz CT molecular complexity index is 991. The van der Waals surface area contributed by atoms with Crippen LogP contribution >= 0.6 is 0 Å². The van der Waals surface area contributed by atoms with Crippen molar-refractivity contribution in [3.05, 3.63) is 60.4 Å². The Balaban J connectivity index is 1.44. The number of fused-ring (bicyclic) bond motifs is 1. The molecule has 5 nitrogen and oxygen atoms in total. The average molecular weight is 419 g/mol. The van der Waals surface area contributed by atoms with Crippen LogP contribution < -0.4 is 0 Å². The van der Waals surface area contributed by atoms with Crippen molar-refractivity contribution >= 4 is 10.8 Å². The average Bonchev–Trinajstić information content (AvgIpc) is 2.75. The molecule has 0 spiro atoms. The molecule has 1 aromatic heterocycles. The largest absolute Gasteiger partial charge is 0.396 e. The second-order valence-electron chi connectivity index (χ2n) is 9.87. The number of aromatic nitrogens is 2. The summed E-state index contributed by atoms with van der Waals surface area (Å²) in [5.41, 5.74) is 2.47. The van der Waals surface area contributed by atoms with Crippen LogP contribution in [0.4, 0.5) is 0 Å². The van der Waals surface area contributed by atoms with E-state index in [1.807, 2.05) is 12.4 Å². The van der Waals surface area contributed by atoms with E-state index >= 15 is 0 Å². The van der Waals surface area contributed by atoms with Crippen molar-refractivity contribution in [2.75, 3.05) is 32.8 Å². The first-order valence-electron chi connectivity index (χ1n) is 11.3. The van der Waals surface area contributed by atoms with E-state index in [1.54, 1.807) is 0 Å².